The number of amides is 2. The van der Waals surface area contributed by atoms with Crippen molar-refractivity contribution in [3.63, 3.8) is 0 Å². The van der Waals surface area contributed by atoms with Gasteiger partial charge in [0, 0.05) is 23.7 Å². The largest absolute Gasteiger partial charge is 0.482 e. The number of H-pyrrole nitrogens is 1. The molecule has 2 N–H and O–H groups in total. The normalized spacial score (nSPS) is 13.5. The van der Waals surface area contributed by atoms with Crippen LogP contribution in [0.2, 0.25) is 0 Å². The predicted octanol–water partition coefficient (Wildman–Crippen LogP) is 2.17. The molecule has 0 unspecified atom stereocenters. The number of nitrogens with one attached hydrogen (secondary N) is 2. The Labute approximate surface area is 137 Å². The highest BCUT2D eigenvalue weighted by Gasteiger charge is 2.23. The van der Waals surface area contributed by atoms with E-state index in [-0.39, 0.29) is 18.4 Å². The molecular weight excluding hydrogens is 308 g/mol. The zero-order valence-corrected chi connectivity index (χ0v) is 12.9. The highest BCUT2D eigenvalue weighted by Crippen LogP contribution is 2.32. The molecule has 7 heteroatoms. The highest BCUT2D eigenvalue weighted by molar-refractivity contribution is 6.07. The van der Waals surface area contributed by atoms with E-state index in [9.17, 15) is 9.59 Å². The molecule has 7 nitrogen and oxygen atoms in total. The van der Waals surface area contributed by atoms with Gasteiger partial charge >= 0.3 is 0 Å². The Balaban J connectivity index is 1.61. The second-order valence-electron chi connectivity index (χ2n) is 5.55. The lowest BCUT2D eigenvalue weighted by atomic mass is 10.1. The standard InChI is InChI=1S/C17H14N4O3/c1-21-14-6-10(3-5-15(14)24-9-16(21)22)17(23)19-12-4-2-11-8-18-20-13(11)7-12/h2-8H,9H2,1H3,(H,18,20)(H,19,23). The van der Waals surface area contributed by atoms with Crippen LogP contribution in [-0.2, 0) is 4.79 Å². The van der Waals surface area contributed by atoms with Crippen molar-refractivity contribution < 1.29 is 14.3 Å². The predicted molar refractivity (Wildman–Crippen MR) is 89.4 cm³/mol. The summed E-state index contributed by atoms with van der Waals surface area (Å²) in [5.74, 6) is 0.181. The summed E-state index contributed by atoms with van der Waals surface area (Å²) in [6.45, 7) is 0.0131. The molecule has 0 bridgehead atoms. The van der Waals surface area contributed by atoms with Gasteiger partial charge < -0.3 is 15.0 Å². The summed E-state index contributed by atoms with van der Waals surface area (Å²) in [4.78, 5) is 25.7. The number of fused-ring (bicyclic) bond motifs is 2. The minimum absolute atomic E-state index is 0.0131. The van der Waals surface area contributed by atoms with E-state index in [1.54, 1.807) is 31.4 Å². The Morgan fingerprint density at radius 2 is 2.17 bits per heavy atom. The van der Waals surface area contributed by atoms with E-state index in [2.05, 4.69) is 15.5 Å². The van der Waals surface area contributed by atoms with Crippen LogP contribution in [0.4, 0.5) is 11.4 Å². The summed E-state index contributed by atoms with van der Waals surface area (Å²) >= 11 is 0. The number of aromatic nitrogens is 2. The summed E-state index contributed by atoms with van der Waals surface area (Å²) in [7, 11) is 1.66. The van der Waals surface area contributed by atoms with Crippen LogP contribution in [0.3, 0.4) is 0 Å². The average Bonchev–Trinajstić information content (AvgIpc) is 3.05. The maximum atomic E-state index is 12.5. The van der Waals surface area contributed by atoms with E-state index in [4.69, 9.17) is 4.74 Å². The second kappa shape index (κ2) is 5.38. The van der Waals surface area contributed by atoms with E-state index in [1.165, 1.54) is 4.90 Å². The van der Waals surface area contributed by atoms with Gasteiger partial charge in [0.15, 0.2) is 6.61 Å². The number of carbonyl (C=O) groups excluding carboxylic acids is 2. The summed E-state index contributed by atoms with van der Waals surface area (Å²) < 4.78 is 5.36. The first kappa shape index (κ1) is 14.3. The molecule has 1 aliphatic rings. The van der Waals surface area contributed by atoms with Gasteiger partial charge in [-0.1, -0.05) is 0 Å². The average molecular weight is 322 g/mol. The van der Waals surface area contributed by atoms with E-state index < -0.39 is 0 Å². The van der Waals surface area contributed by atoms with Gasteiger partial charge in [0.25, 0.3) is 11.8 Å². The molecule has 0 spiro atoms. The number of carbonyl (C=O) groups is 2. The van der Waals surface area contributed by atoms with Crippen LogP contribution in [0.5, 0.6) is 5.75 Å². The van der Waals surface area contributed by atoms with Gasteiger partial charge in [-0.3, -0.25) is 14.7 Å². The minimum Gasteiger partial charge on any atom is -0.482 e. The summed E-state index contributed by atoms with van der Waals surface area (Å²) in [5, 5.41) is 10.6. The molecule has 0 aliphatic carbocycles. The number of benzene rings is 2. The first-order valence-electron chi connectivity index (χ1n) is 7.40. The third-order valence-electron chi connectivity index (χ3n) is 4.01. The maximum absolute atomic E-state index is 12.5. The van der Waals surface area contributed by atoms with Gasteiger partial charge in [0.1, 0.15) is 5.75 Å². The summed E-state index contributed by atoms with van der Waals surface area (Å²) in [6, 6.07) is 10.5. The van der Waals surface area contributed by atoms with Gasteiger partial charge in [-0.15, -0.1) is 0 Å². The summed E-state index contributed by atoms with van der Waals surface area (Å²) in [6.07, 6.45) is 1.72. The third kappa shape index (κ3) is 2.36. The number of anilines is 2. The molecule has 0 saturated carbocycles. The van der Waals surface area contributed by atoms with Crippen molar-refractivity contribution in [3.05, 3.63) is 48.2 Å². The van der Waals surface area contributed by atoms with E-state index in [0.29, 0.717) is 22.7 Å². The lowest BCUT2D eigenvalue weighted by molar-refractivity contribution is -0.120. The molecule has 0 radical (unpaired) electrons. The zero-order chi connectivity index (χ0) is 16.7. The lowest BCUT2D eigenvalue weighted by Crippen LogP contribution is -2.35. The second-order valence-corrected chi connectivity index (χ2v) is 5.55. The van der Waals surface area contributed by atoms with Crippen molar-refractivity contribution in [2.24, 2.45) is 0 Å². The fourth-order valence-electron chi connectivity index (χ4n) is 2.63. The molecular formula is C17H14N4O3. The van der Waals surface area contributed by atoms with Crippen LogP contribution in [0.1, 0.15) is 10.4 Å². The number of ether oxygens (including phenoxy) is 1. The summed E-state index contributed by atoms with van der Waals surface area (Å²) in [5.41, 5.74) is 2.54. The SMILES string of the molecule is CN1C(=O)COc2ccc(C(=O)Nc3ccc4cn[nH]c4c3)cc21. The maximum Gasteiger partial charge on any atom is 0.264 e. The van der Waals surface area contributed by atoms with Crippen molar-refractivity contribution >= 4 is 34.1 Å². The van der Waals surface area contributed by atoms with Crippen LogP contribution in [0, 0.1) is 0 Å². The quantitative estimate of drug-likeness (QED) is 0.757. The first-order valence-corrected chi connectivity index (χ1v) is 7.40. The Morgan fingerprint density at radius 3 is 3.04 bits per heavy atom. The van der Waals surface area contributed by atoms with Crippen LogP contribution in [-0.4, -0.2) is 35.7 Å². The van der Waals surface area contributed by atoms with Crippen molar-refractivity contribution in [2.45, 2.75) is 0 Å². The number of likely N-dealkylation sites (N-methyl/N-ethyl adjacent to an activating group) is 1. The third-order valence-corrected chi connectivity index (χ3v) is 4.01. The molecule has 1 aromatic heterocycles. The number of hydrogen-bond acceptors (Lipinski definition) is 4. The molecule has 3 aromatic rings. The molecule has 24 heavy (non-hydrogen) atoms. The molecule has 0 fully saturated rings. The Morgan fingerprint density at radius 1 is 1.29 bits per heavy atom. The van der Waals surface area contributed by atoms with Crippen molar-refractivity contribution in [1.82, 2.24) is 10.2 Å². The molecule has 2 amide bonds. The smallest absolute Gasteiger partial charge is 0.264 e. The number of hydrogen-bond donors (Lipinski definition) is 2. The van der Waals surface area contributed by atoms with Crippen LogP contribution >= 0.6 is 0 Å². The number of rotatable bonds is 2. The van der Waals surface area contributed by atoms with Crippen LogP contribution in [0.15, 0.2) is 42.6 Å². The fraction of sp³-hybridized carbons (Fsp3) is 0.118. The van der Waals surface area contributed by atoms with E-state index in [0.717, 1.165) is 10.9 Å². The van der Waals surface area contributed by atoms with Crippen molar-refractivity contribution in [3.8, 4) is 5.75 Å². The molecule has 2 heterocycles. The first-order chi connectivity index (χ1) is 11.6. The molecule has 4 rings (SSSR count). The molecule has 120 valence electrons. The lowest BCUT2D eigenvalue weighted by Gasteiger charge is -2.26. The van der Waals surface area contributed by atoms with Crippen LogP contribution in [0.25, 0.3) is 10.9 Å². The Hall–Kier alpha value is -3.35. The van der Waals surface area contributed by atoms with Gasteiger partial charge in [0.2, 0.25) is 0 Å². The number of nitrogens with zero attached hydrogens (tertiary/aromatic N) is 2. The molecule has 0 atom stereocenters. The van der Waals surface area contributed by atoms with Gasteiger partial charge in [-0.25, -0.2) is 0 Å². The van der Waals surface area contributed by atoms with Gasteiger partial charge in [0.05, 0.1) is 17.4 Å². The molecule has 0 saturated heterocycles. The van der Waals surface area contributed by atoms with E-state index in [1.807, 2.05) is 18.2 Å². The topological polar surface area (TPSA) is 87.3 Å². The van der Waals surface area contributed by atoms with Crippen LogP contribution < -0.4 is 15.0 Å². The monoisotopic (exact) mass is 322 g/mol. The molecule has 2 aromatic carbocycles. The van der Waals surface area contributed by atoms with E-state index >= 15 is 0 Å². The molecule has 1 aliphatic heterocycles. The Bertz CT molecular complexity index is 963. The Kier molecular flexibility index (Phi) is 3.19. The highest BCUT2D eigenvalue weighted by atomic mass is 16.5. The van der Waals surface area contributed by atoms with Gasteiger partial charge in [-0.2, -0.15) is 5.10 Å². The fourth-order valence-corrected chi connectivity index (χ4v) is 2.63. The van der Waals surface area contributed by atoms with Gasteiger partial charge in [-0.05, 0) is 36.4 Å². The zero-order valence-electron chi connectivity index (χ0n) is 12.9. The van der Waals surface area contributed by atoms with Crippen molar-refractivity contribution in [2.75, 3.05) is 23.9 Å². The minimum atomic E-state index is -0.261. The number of aromatic amines is 1. The van der Waals surface area contributed by atoms with Crippen molar-refractivity contribution in [1.29, 1.82) is 0 Å².